The van der Waals surface area contributed by atoms with E-state index < -0.39 is 3.61 Å². The second-order valence-electron chi connectivity index (χ2n) is 5.67. The van der Waals surface area contributed by atoms with E-state index in [1.165, 1.54) is 0 Å². The van der Waals surface area contributed by atoms with Crippen LogP contribution < -0.4 is 0 Å². The molecule has 3 aliphatic rings. The van der Waals surface area contributed by atoms with E-state index in [1.807, 2.05) is 30.3 Å². The third-order valence-electron chi connectivity index (χ3n) is 4.20. The van der Waals surface area contributed by atoms with Crippen LogP contribution in [0.3, 0.4) is 0 Å². The van der Waals surface area contributed by atoms with Gasteiger partial charge in [0.15, 0.2) is 0 Å². The van der Waals surface area contributed by atoms with Gasteiger partial charge < -0.3 is 14.7 Å². The summed E-state index contributed by atoms with van der Waals surface area (Å²) in [6.07, 6.45) is 2.43. The summed E-state index contributed by atoms with van der Waals surface area (Å²) >= 11 is 2.08. The molecule has 4 rings (SSSR count). The molecule has 2 saturated heterocycles. The Morgan fingerprint density at radius 1 is 1.40 bits per heavy atom. The Morgan fingerprint density at radius 2 is 2.15 bits per heavy atom. The number of alkyl halides is 1. The largest absolute Gasteiger partial charge is 0.445 e. The second kappa shape index (κ2) is 5.52. The van der Waals surface area contributed by atoms with Gasteiger partial charge in [-0.2, -0.15) is 0 Å². The van der Waals surface area contributed by atoms with E-state index in [2.05, 4.69) is 22.6 Å². The fourth-order valence-electron chi connectivity index (χ4n) is 3.22. The van der Waals surface area contributed by atoms with Crippen LogP contribution in [-0.2, 0) is 11.3 Å². The molecule has 2 unspecified atom stereocenters. The molecule has 1 aliphatic carbocycles. The molecule has 5 heteroatoms. The maximum absolute atomic E-state index is 12.2. The fourth-order valence-corrected chi connectivity index (χ4v) is 4.49. The van der Waals surface area contributed by atoms with Crippen molar-refractivity contribution < 1.29 is 14.6 Å². The summed E-state index contributed by atoms with van der Waals surface area (Å²) in [6.45, 7) is 0.997. The van der Waals surface area contributed by atoms with Crippen LogP contribution in [0, 0.1) is 5.92 Å². The van der Waals surface area contributed by atoms with Crippen LogP contribution in [0.4, 0.5) is 4.79 Å². The summed E-state index contributed by atoms with van der Waals surface area (Å²) < 4.78 is 4.59. The molecule has 1 amide bonds. The quantitative estimate of drug-likeness (QED) is 0.627. The molecule has 4 nitrogen and oxygen atoms in total. The lowest BCUT2D eigenvalue weighted by Gasteiger charge is -2.51. The molecule has 1 aromatic rings. The molecule has 3 atom stereocenters. The lowest BCUT2D eigenvalue weighted by molar-refractivity contribution is -0.0600. The molecule has 3 fully saturated rings. The van der Waals surface area contributed by atoms with Crippen molar-refractivity contribution in [3.63, 3.8) is 0 Å². The van der Waals surface area contributed by atoms with Gasteiger partial charge in [-0.15, -0.1) is 0 Å². The average molecular weight is 387 g/mol. The van der Waals surface area contributed by atoms with Gasteiger partial charge in [-0.1, -0.05) is 30.3 Å². The minimum atomic E-state index is -0.801. The van der Waals surface area contributed by atoms with Crippen molar-refractivity contribution in [3.8, 4) is 0 Å². The number of aliphatic hydroxyl groups is 1. The van der Waals surface area contributed by atoms with Gasteiger partial charge in [-0.05, 0) is 53.3 Å². The molecule has 0 aromatic heterocycles. The van der Waals surface area contributed by atoms with Crippen molar-refractivity contribution in [1.29, 1.82) is 0 Å². The van der Waals surface area contributed by atoms with E-state index in [1.54, 1.807) is 4.90 Å². The Labute approximate surface area is 132 Å². The highest BCUT2D eigenvalue weighted by Gasteiger charge is 2.50. The highest BCUT2D eigenvalue weighted by molar-refractivity contribution is 14.1. The molecule has 0 radical (unpaired) electrons. The molecule has 0 spiro atoms. The SMILES string of the molecule is O=C(OCc1ccccc1)N1CC2CCC1[C@@](O)(I)C2. The van der Waals surface area contributed by atoms with Gasteiger partial charge in [0.2, 0.25) is 0 Å². The number of halogens is 1. The highest BCUT2D eigenvalue weighted by atomic mass is 127. The molecule has 1 saturated carbocycles. The fraction of sp³-hybridized carbons (Fsp3) is 0.533. The van der Waals surface area contributed by atoms with Crippen molar-refractivity contribution >= 4 is 28.7 Å². The molecule has 2 heterocycles. The first-order valence-corrected chi connectivity index (χ1v) is 8.03. The average Bonchev–Trinajstić information content (AvgIpc) is 2.45. The van der Waals surface area contributed by atoms with Gasteiger partial charge in [-0.3, -0.25) is 0 Å². The Bertz CT molecular complexity index is 491. The number of hydrogen-bond acceptors (Lipinski definition) is 3. The van der Waals surface area contributed by atoms with Gasteiger partial charge in [0.05, 0.1) is 6.04 Å². The topological polar surface area (TPSA) is 49.8 Å². The number of nitrogens with zero attached hydrogens (tertiary/aromatic N) is 1. The zero-order valence-electron chi connectivity index (χ0n) is 11.2. The number of fused-ring (bicyclic) bond motifs is 3. The second-order valence-corrected chi connectivity index (χ2v) is 7.54. The molecule has 2 bridgehead atoms. The van der Waals surface area contributed by atoms with Crippen LogP contribution >= 0.6 is 22.6 Å². The molecular weight excluding hydrogens is 369 g/mol. The van der Waals surface area contributed by atoms with Crippen molar-refractivity contribution in [1.82, 2.24) is 4.90 Å². The lowest BCUT2D eigenvalue weighted by Crippen LogP contribution is -2.61. The predicted octanol–water partition coefficient (Wildman–Crippen LogP) is 2.93. The predicted molar refractivity (Wildman–Crippen MR) is 83.4 cm³/mol. The van der Waals surface area contributed by atoms with Crippen molar-refractivity contribution in [2.24, 2.45) is 5.92 Å². The summed E-state index contributed by atoms with van der Waals surface area (Å²) in [4.78, 5) is 14.0. The van der Waals surface area contributed by atoms with E-state index in [0.29, 0.717) is 12.5 Å². The Balaban J connectivity index is 1.63. The molecule has 108 valence electrons. The maximum atomic E-state index is 12.2. The number of rotatable bonds is 2. The number of carbonyl (C=O) groups is 1. The highest BCUT2D eigenvalue weighted by Crippen LogP contribution is 2.45. The van der Waals surface area contributed by atoms with Crippen LogP contribution in [0.1, 0.15) is 24.8 Å². The van der Waals surface area contributed by atoms with Crippen LogP contribution in [0.15, 0.2) is 30.3 Å². The summed E-state index contributed by atoms with van der Waals surface area (Å²) in [6, 6.07) is 9.54. The standard InChI is InChI=1S/C15H18INO3/c16-15(19)8-12-6-7-13(15)17(9-12)14(18)20-10-11-4-2-1-3-5-11/h1-5,12-13,19H,6-10H2/t12?,13?,15-/m1/s1. The zero-order valence-corrected chi connectivity index (χ0v) is 13.3. The summed E-state index contributed by atoms with van der Waals surface area (Å²) in [5.41, 5.74) is 0.979. The minimum Gasteiger partial charge on any atom is -0.445 e. The van der Waals surface area contributed by atoms with Crippen LogP contribution in [-0.4, -0.2) is 32.3 Å². The normalized spacial score (nSPS) is 32.2. The first kappa shape index (κ1) is 14.1. The Morgan fingerprint density at radius 3 is 2.80 bits per heavy atom. The van der Waals surface area contributed by atoms with Gasteiger partial charge in [0, 0.05) is 6.54 Å². The number of hydrogen-bond donors (Lipinski definition) is 1. The van der Waals surface area contributed by atoms with Crippen molar-refractivity contribution in [3.05, 3.63) is 35.9 Å². The lowest BCUT2D eigenvalue weighted by atomic mass is 9.78. The Hall–Kier alpha value is -0.820. The third kappa shape index (κ3) is 2.79. The summed E-state index contributed by atoms with van der Waals surface area (Å²) in [7, 11) is 0. The number of benzene rings is 1. The number of carbonyl (C=O) groups excluding carboxylic acids is 1. The minimum absolute atomic E-state index is 0.114. The van der Waals surface area contributed by atoms with Gasteiger partial charge in [0.1, 0.15) is 10.2 Å². The molecule has 2 aliphatic heterocycles. The molecule has 20 heavy (non-hydrogen) atoms. The zero-order chi connectivity index (χ0) is 14.2. The first-order chi connectivity index (χ1) is 9.56. The molecule has 1 N–H and O–H groups in total. The van der Waals surface area contributed by atoms with Gasteiger partial charge >= 0.3 is 6.09 Å². The molecule has 1 aromatic carbocycles. The third-order valence-corrected chi connectivity index (χ3v) is 5.36. The van der Waals surface area contributed by atoms with E-state index in [0.717, 1.165) is 24.8 Å². The summed E-state index contributed by atoms with van der Waals surface area (Å²) in [5, 5.41) is 10.4. The van der Waals surface area contributed by atoms with Crippen molar-refractivity contribution in [2.75, 3.05) is 6.54 Å². The van der Waals surface area contributed by atoms with Crippen LogP contribution in [0.25, 0.3) is 0 Å². The monoisotopic (exact) mass is 387 g/mol. The summed E-state index contributed by atoms with van der Waals surface area (Å²) in [5.74, 6) is 0.395. The Kier molecular flexibility index (Phi) is 3.90. The molecular formula is C15H18INO3. The maximum Gasteiger partial charge on any atom is 0.410 e. The number of amides is 1. The number of ether oxygens (including phenoxy) is 1. The van der Waals surface area contributed by atoms with Crippen LogP contribution in [0.2, 0.25) is 0 Å². The number of piperidine rings is 2. The van der Waals surface area contributed by atoms with Gasteiger partial charge in [0.25, 0.3) is 0 Å². The van der Waals surface area contributed by atoms with Crippen LogP contribution in [0.5, 0.6) is 0 Å². The smallest absolute Gasteiger partial charge is 0.410 e. The van der Waals surface area contributed by atoms with E-state index in [-0.39, 0.29) is 18.7 Å². The first-order valence-electron chi connectivity index (χ1n) is 6.95. The van der Waals surface area contributed by atoms with E-state index in [9.17, 15) is 9.90 Å². The van der Waals surface area contributed by atoms with Crippen molar-refractivity contribution in [2.45, 2.75) is 35.5 Å². The van der Waals surface area contributed by atoms with Gasteiger partial charge in [-0.25, -0.2) is 4.79 Å². The van der Waals surface area contributed by atoms with E-state index in [4.69, 9.17) is 4.74 Å². The van der Waals surface area contributed by atoms with E-state index >= 15 is 0 Å².